The van der Waals surface area contributed by atoms with Gasteiger partial charge in [-0.3, -0.25) is 0 Å². The normalized spacial score (nSPS) is 16.6. The van der Waals surface area contributed by atoms with Crippen molar-refractivity contribution < 1.29 is 9.47 Å². The highest BCUT2D eigenvalue weighted by Gasteiger charge is 2.23. The average Bonchev–Trinajstić information content (AvgIpc) is 2.57. The minimum absolute atomic E-state index is 0.00377. The summed E-state index contributed by atoms with van der Waals surface area (Å²) in [6.07, 6.45) is 1.66. The maximum absolute atomic E-state index is 6.26. The standard InChI is InChI=1S/C19H24N2O2/c1-12-3-4-13(11-20)7-15(12)8-14-9-16-17(21)5-6-23-19(16)18(10-14)22-2/h3-4,7,9-10,17H,5-6,8,11,20-21H2,1-2H3. The molecule has 122 valence electrons. The molecule has 0 fully saturated rings. The van der Waals surface area contributed by atoms with Crippen LogP contribution in [0.3, 0.4) is 0 Å². The van der Waals surface area contributed by atoms with Crippen molar-refractivity contribution in [3.63, 3.8) is 0 Å². The monoisotopic (exact) mass is 312 g/mol. The van der Waals surface area contributed by atoms with Gasteiger partial charge in [-0.1, -0.05) is 18.2 Å². The maximum atomic E-state index is 6.26. The van der Waals surface area contributed by atoms with Crippen molar-refractivity contribution in [1.82, 2.24) is 0 Å². The molecule has 4 nitrogen and oxygen atoms in total. The van der Waals surface area contributed by atoms with E-state index < -0.39 is 0 Å². The lowest BCUT2D eigenvalue weighted by molar-refractivity contribution is 0.252. The Hall–Kier alpha value is -2.04. The first kappa shape index (κ1) is 15.8. The van der Waals surface area contributed by atoms with E-state index in [9.17, 15) is 0 Å². The SMILES string of the molecule is COc1cc(Cc2cc(CN)ccc2C)cc2c1OCCC2N. The summed E-state index contributed by atoms with van der Waals surface area (Å²) < 4.78 is 11.3. The van der Waals surface area contributed by atoms with Gasteiger partial charge in [-0.25, -0.2) is 0 Å². The molecule has 0 saturated carbocycles. The molecule has 0 aliphatic carbocycles. The molecular formula is C19H24N2O2. The summed E-state index contributed by atoms with van der Waals surface area (Å²) in [7, 11) is 1.67. The van der Waals surface area contributed by atoms with Gasteiger partial charge < -0.3 is 20.9 Å². The summed E-state index contributed by atoms with van der Waals surface area (Å²) in [6, 6.07) is 10.6. The molecule has 0 spiro atoms. The molecular weight excluding hydrogens is 288 g/mol. The van der Waals surface area contributed by atoms with Crippen molar-refractivity contribution in [3.8, 4) is 11.5 Å². The molecule has 1 unspecified atom stereocenters. The highest BCUT2D eigenvalue weighted by atomic mass is 16.5. The van der Waals surface area contributed by atoms with Crippen molar-refractivity contribution >= 4 is 0 Å². The number of aryl methyl sites for hydroxylation is 1. The predicted octanol–water partition coefficient (Wildman–Crippen LogP) is 2.84. The number of nitrogens with two attached hydrogens (primary N) is 2. The lowest BCUT2D eigenvalue weighted by Crippen LogP contribution is -2.21. The lowest BCUT2D eigenvalue weighted by Gasteiger charge is -2.25. The Morgan fingerprint density at radius 3 is 2.78 bits per heavy atom. The van der Waals surface area contributed by atoms with E-state index in [0.29, 0.717) is 13.2 Å². The van der Waals surface area contributed by atoms with Crippen LogP contribution in [0.2, 0.25) is 0 Å². The van der Waals surface area contributed by atoms with E-state index in [4.69, 9.17) is 20.9 Å². The maximum Gasteiger partial charge on any atom is 0.165 e. The Bertz CT molecular complexity index is 713. The number of fused-ring (bicyclic) bond motifs is 1. The summed E-state index contributed by atoms with van der Waals surface area (Å²) in [5, 5.41) is 0. The third-order valence-electron chi connectivity index (χ3n) is 4.48. The Kier molecular flexibility index (Phi) is 4.55. The minimum Gasteiger partial charge on any atom is -0.493 e. The lowest BCUT2D eigenvalue weighted by atomic mass is 9.93. The summed E-state index contributed by atoms with van der Waals surface area (Å²) in [6.45, 7) is 3.32. The van der Waals surface area contributed by atoms with Crippen LogP contribution in [0.15, 0.2) is 30.3 Å². The van der Waals surface area contributed by atoms with Gasteiger partial charge in [0.15, 0.2) is 11.5 Å². The van der Waals surface area contributed by atoms with Gasteiger partial charge in [0.05, 0.1) is 13.7 Å². The van der Waals surface area contributed by atoms with Crippen molar-refractivity contribution in [2.75, 3.05) is 13.7 Å². The van der Waals surface area contributed by atoms with Crippen LogP contribution in [0.25, 0.3) is 0 Å². The zero-order valence-electron chi connectivity index (χ0n) is 13.8. The fourth-order valence-electron chi connectivity index (χ4n) is 3.07. The number of hydrogen-bond donors (Lipinski definition) is 2. The van der Waals surface area contributed by atoms with E-state index in [2.05, 4.69) is 31.2 Å². The molecule has 0 radical (unpaired) electrons. The minimum atomic E-state index is 0.00377. The van der Waals surface area contributed by atoms with Crippen LogP contribution in [0.5, 0.6) is 11.5 Å². The molecule has 1 aliphatic rings. The third kappa shape index (κ3) is 3.19. The number of rotatable bonds is 4. The van der Waals surface area contributed by atoms with E-state index in [-0.39, 0.29) is 6.04 Å². The third-order valence-corrected chi connectivity index (χ3v) is 4.48. The van der Waals surface area contributed by atoms with Gasteiger partial charge in [-0.15, -0.1) is 0 Å². The van der Waals surface area contributed by atoms with Crippen LogP contribution >= 0.6 is 0 Å². The molecule has 23 heavy (non-hydrogen) atoms. The molecule has 4 heteroatoms. The van der Waals surface area contributed by atoms with Crippen molar-refractivity contribution in [1.29, 1.82) is 0 Å². The molecule has 1 aliphatic heterocycles. The smallest absolute Gasteiger partial charge is 0.165 e. The van der Waals surface area contributed by atoms with Gasteiger partial charge in [-0.2, -0.15) is 0 Å². The van der Waals surface area contributed by atoms with Crippen molar-refractivity contribution in [3.05, 3.63) is 58.1 Å². The molecule has 4 N–H and O–H groups in total. The number of methoxy groups -OCH3 is 1. The van der Waals surface area contributed by atoms with E-state index in [1.54, 1.807) is 7.11 Å². The molecule has 1 heterocycles. The van der Waals surface area contributed by atoms with E-state index in [0.717, 1.165) is 35.5 Å². The van der Waals surface area contributed by atoms with Gasteiger partial charge in [-0.05, 0) is 47.7 Å². The van der Waals surface area contributed by atoms with Crippen LogP contribution in [0.4, 0.5) is 0 Å². The molecule has 2 aromatic carbocycles. The fraction of sp³-hybridized carbons (Fsp3) is 0.368. The molecule has 0 amide bonds. The Morgan fingerprint density at radius 2 is 2.04 bits per heavy atom. The highest BCUT2D eigenvalue weighted by Crippen LogP contribution is 2.40. The summed E-state index contributed by atoms with van der Waals surface area (Å²) in [5.74, 6) is 1.56. The molecule has 0 bridgehead atoms. The Balaban J connectivity index is 1.99. The second-order valence-corrected chi connectivity index (χ2v) is 6.10. The largest absolute Gasteiger partial charge is 0.493 e. The van der Waals surface area contributed by atoms with Gasteiger partial charge in [0.1, 0.15) is 0 Å². The van der Waals surface area contributed by atoms with Gasteiger partial charge in [0, 0.05) is 24.6 Å². The van der Waals surface area contributed by atoms with Crippen LogP contribution in [-0.4, -0.2) is 13.7 Å². The van der Waals surface area contributed by atoms with Crippen molar-refractivity contribution in [2.45, 2.75) is 32.4 Å². The second kappa shape index (κ2) is 6.60. The highest BCUT2D eigenvalue weighted by molar-refractivity contribution is 5.53. The zero-order valence-corrected chi connectivity index (χ0v) is 13.8. The summed E-state index contributed by atoms with van der Waals surface area (Å²) >= 11 is 0. The van der Waals surface area contributed by atoms with E-state index in [1.807, 2.05) is 6.07 Å². The van der Waals surface area contributed by atoms with Crippen LogP contribution in [0.1, 0.15) is 40.3 Å². The van der Waals surface area contributed by atoms with Crippen LogP contribution in [0, 0.1) is 6.92 Å². The van der Waals surface area contributed by atoms with Gasteiger partial charge in [0.2, 0.25) is 0 Å². The quantitative estimate of drug-likeness (QED) is 0.911. The molecule has 2 aromatic rings. The first-order valence-electron chi connectivity index (χ1n) is 8.00. The van der Waals surface area contributed by atoms with Crippen molar-refractivity contribution in [2.24, 2.45) is 11.5 Å². The first-order chi connectivity index (χ1) is 11.1. The average molecular weight is 312 g/mol. The number of ether oxygens (including phenoxy) is 2. The van der Waals surface area contributed by atoms with Gasteiger partial charge >= 0.3 is 0 Å². The molecule has 1 atom stereocenters. The Morgan fingerprint density at radius 1 is 1.22 bits per heavy atom. The predicted molar refractivity (Wildman–Crippen MR) is 91.9 cm³/mol. The topological polar surface area (TPSA) is 70.5 Å². The Labute approximate surface area is 137 Å². The van der Waals surface area contributed by atoms with E-state index in [1.165, 1.54) is 16.7 Å². The number of hydrogen-bond acceptors (Lipinski definition) is 4. The fourth-order valence-corrected chi connectivity index (χ4v) is 3.07. The zero-order chi connectivity index (χ0) is 16.4. The van der Waals surface area contributed by atoms with Gasteiger partial charge in [0.25, 0.3) is 0 Å². The summed E-state index contributed by atoms with van der Waals surface area (Å²) in [4.78, 5) is 0. The molecule has 0 aromatic heterocycles. The number of benzene rings is 2. The first-order valence-corrected chi connectivity index (χ1v) is 8.00. The second-order valence-electron chi connectivity index (χ2n) is 6.10. The molecule has 3 rings (SSSR count). The van der Waals surface area contributed by atoms with Crippen LogP contribution < -0.4 is 20.9 Å². The van der Waals surface area contributed by atoms with Crippen LogP contribution in [-0.2, 0) is 13.0 Å². The van der Waals surface area contributed by atoms with E-state index >= 15 is 0 Å². The molecule has 0 saturated heterocycles. The summed E-state index contributed by atoms with van der Waals surface area (Å²) in [5.41, 5.74) is 17.9.